The van der Waals surface area contributed by atoms with Gasteiger partial charge in [-0.3, -0.25) is 9.48 Å². The molecule has 0 saturated carbocycles. The number of alkyl halides is 3. The number of halogens is 3. The van der Waals surface area contributed by atoms with E-state index in [1.807, 2.05) is 6.92 Å². The summed E-state index contributed by atoms with van der Waals surface area (Å²) >= 11 is 0.967. The second kappa shape index (κ2) is 6.47. The van der Waals surface area contributed by atoms with Gasteiger partial charge < -0.3 is 5.32 Å². The van der Waals surface area contributed by atoms with Crippen LogP contribution in [0.2, 0.25) is 0 Å². The van der Waals surface area contributed by atoms with Gasteiger partial charge in [0.25, 0.3) is 5.91 Å². The Bertz CT molecular complexity index is 902. The summed E-state index contributed by atoms with van der Waals surface area (Å²) in [5, 5.41) is 7.47. The first-order valence-corrected chi connectivity index (χ1v) is 8.33. The fraction of sp³-hybridized carbons (Fsp3) is 0.312. The lowest BCUT2D eigenvalue weighted by Crippen LogP contribution is -2.35. The number of carbonyl (C=O) groups is 1. The van der Waals surface area contributed by atoms with Crippen LogP contribution in [0.1, 0.15) is 27.9 Å². The zero-order chi connectivity index (χ0) is 18.2. The van der Waals surface area contributed by atoms with E-state index in [9.17, 15) is 18.0 Å². The van der Waals surface area contributed by atoms with E-state index < -0.39 is 11.9 Å². The van der Waals surface area contributed by atoms with Gasteiger partial charge in [-0.1, -0.05) is 0 Å². The Labute approximate surface area is 145 Å². The summed E-state index contributed by atoms with van der Waals surface area (Å²) in [5.41, 5.74) is -0.328. The quantitative estimate of drug-likeness (QED) is 0.765. The molecule has 0 aliphatic heterocycles. The van der Waals surface area contributed by atoms with Gasteiger partial charge in [0.2, 0.25) is 0 Å². The molecule has 0 fully saturated rings. The van der Waals surface area contributed by atoms with E-state index in [1.54, 1.807) is 30.1 Å². The molecule has 1 N–H and O–H groups in total. The molecule has 0 aromatic carbocycles. The third kappa shape index (κ3) is 3.65. The first kappa shape index (κ1) is 17.4. The summed E-state index contributed by atoms with van der Waals surface area (Å²) in [5.74, 6) is -0.325. The second-order valence-electron chi connectivity index (χ2n) is 5.71. The topological polar surface area (TPSA) is 59.8 Å². The highest BCUT2D eigenvalue weighted by molar-refractivity contribution is 7.20. The van der Waals surface area contributed by atoms with Gasteiger partial charge in [0, 0.05) is 23.8 Å². The van der Waals surface area contributed by atoms with E-state index in [2.05, 4.69) is 15.4 Å². The van der Waals surface area contributed by atoms with Crippen molar-refractivity contribution in [3.8, 4) is 0 Å². The largest absolute Gasteiger partial charge is 0.433 e. The fourth-order valence-electron chi connectivity index (χ4n) is 2.50. The monoisotopic (exact) mass is 368 g/mol. The van der Waals surface area contributed by atoms with Crippen LogP contribution in [-0.4, -0.2) is 26.7 Å². The Morgan fingerprint density at radius 2 is 2.16 bits per heavy atom. The molecule has 1 amide bonds. The second-order valence-corrected chi connectivity index (χ2v) is 6.70. The lowest BCUT2D eigenvalue weighted by molar-refractivity contribution is -0.140. The van der Waals surface area contributed by atoms with Crippen molar-refractivity contribution in [2.45, 2.75) is 32.6 Å². The van der Waals surface area contributed by atoms with Crippen LogP contribution >= 0.6 is 11.3 Å². The van der Waals surface area contributed by atoms with Crippen molar-refractivity contribution < 1.29 is 18.0 Å². The average Bonchev–Trinajstić information content (AvgIpc) is 3.14. The van der Waals surface area contributed by atoms with E-state index >= 15 is 0 Å². The van der Waals surface area contributed by atoms with Gasteiger partial charge in [0.15, 0.2) is 0 Å². The summed E-state index contributed by atoms with van der Waals surface area (Å²) in [4.78, 5) is 16.7. The van der Waals surface area contributed by atoms with E-state index in [0.717, 1.165) is 17.4 Å². The van der Waals surface area contributed by atoms with Crippen molar-refractivity contribution in [1.29, 1.82) is 0 Å². The molecule has 3 heterocycles. The number of hydrogen-bond donors (Lipinski definition) is 1. The first-order valence-electron chi connectivity index (χ1n) is 7.51. The van der Waals surface area contributed by atoms with Crippen molar-refractivity contribution in [2.24, 2.45) is 0 Å². The Balaban J connectivity index is 1.82. The minimum absolute atomic E-state index is 0.185. The van der Waals surface area contributed by atoms with Crippen molar-refractivity contribution in [3.63, 3.8) is 0 Å². The third-order valence-electron chi connectivity index (χ3n) is 3.70. The van der Waals surface area contributed by atoms with Crippen LogP contribution in [0, 0.1) is 6.92 Å². The number of nitrogens with one attached hydrogen (secondary N) is 1. The molecule has 9 heteroatoms. The number of carbonyl (C=O) groups excluding carboxylic acids is 1. The van der Waals surface area contributed by atoms with E-state index in [1.165, 1.54) is 6.07 Å². The third-order valence-corrected chi connectivity index (χ3v) is 4.90. The Morgan fingerprint density at radius 1 is 1.40 bits per heavy atom. The molecule has 1 atom stereocenters. The number of hydrogen-bond acceptors (Lipinski definition) is 4. The number of fused-ring (bicyclic) bond motifs is 1. The minimum atomic E-state index is -4.51. The molecule has 132 valence electrons. The molecule has 0 aliphatic carbocycles. The Kier molecular flexibility index (Phi) is 4.51. The lowest BCUT2D eigenvalue weighted by Gasteiger charge is -2.13. The highest BCUT2D eigenvalue weighted by atomic mass is 32.1. The molecule has 0 unspecified atom stereocenters. The fourth-order valence-corrected chi connectivity index (χ4v) is 3.58. The average molecular weight is 368 g/mol. The van der Waals surface area contributed by atoms with Gasteiger partial charge in [0.05, 0.1) is 11.4 Å². The predicted molar refractivity (Wildman–Crippen MR) is 88.5 cm³/mol. The standard InChI is InChI=1S/C16H15F3N4OS/c1-9(8-23-7-3-6-20-23)21-14(24)13-10(2)11-4-5-12(16(17,18)19)22-15(11)25-13/h3-7,9H,8H2,1-2H3,(H,21,24)/t9-/m0/s1. The van der Waals surface area contributed by atoms with Gasteiger partial charge >= 0.3 is 6.18 Å². The van der Waals surface area contributed by atoms with Crippen molar-refractivity contribution in [1.82, 2.24) is 20.1 Å². The smallest absolute Gasteiger partial charge is 0.347 e. The normalized spacial score (nSPS) is 13.2. The van der Waals surface area contributed by atoms with Crippen molar-refractivity contribution >= 4 is 27.5 Å². The molecule has 5 nitrogen and oxygen atoms in total. The molecule has 3 aromatic rings. The zero-order valence-electron chi connectivity index (χ0n) is 13.5. The summed E-state index contributed by atoms with van der Waals surface area (Å²) in [6, 6.07) is 3.90. The molecule has 0 bridgehead atoms. The number of thiophene rings is 1. The van der Waals surface area contributed by atoms with Gasteiger partial charge in [-0.05, 0) is 37.6 Å². The molecule has 3 aromatic heterocycles. The number of pyridine rings is 1. The maximum atomic E-state index is 12.8. The van der Waals surface area contributed by atoms with E-state index in [4.69, 9.17) is 0 Å². The molecule has 0 radical (unpaired) electrons. The number of nitrogens with zero attached hydrogens (tertiary/aromatic N) is 3. The summed E-state index contributed by atoms with van der Waals surface area (Å²) < 4.78 is 40.1. The van der Waals surface area contributed by atoms with Gasteiger partial charge in [0.1, 0.15) is 10.5 Å². The van der Waals surface area contributed by atoms with Crippen LogP contribution in [0.3, 0.4) is 0 Å². The highest BCUT2D eigenvalue weighted by Gasteiger charge is 2.33. The van der Waals surface area contributed by atoms with Crippen LogP contribution in [0.4, 0.5) is 13.2 Å². The maximum absolute atomic E-state index is 12.8. The number of amides is 1. The van der Waals surface area contributed by atoms with Crippen molar-refractivity contribution in [3.05, 3.63) is 46.7 Å². The number of rotatable bonds is 4. The van der Waals surface area contributed by atoms with Crippen LogP contribution in [-0.2, 0) is 12.7 Å². The SMILES string of the molecule is Cc1c(C(=O)N[C@@H](C)Cn2cccn2)sc2nc(C(F)(F)F)ccc12. The minimum Gasteiger partial charge on any atom is -0.347 e. The van der Waals surface area contributed by atoms with Crippen LogP contribution < -0.4 is 5.32 Å². The van der Waals surface area contributed by atoms with E-state index in [-0.39, 0.29) is 16.8 Å². The number of aromatic nitrogens is 3. The van der Waals surface area contributed by atoms with Crippen LogP contribution in [0.25, 0.3) is 10.2 Å². The van der Waals surface area contributed by atoms with E-state index in [0.29, 0.717) is 22.4 Å². The molecule has 0 saturated heterocycles. The predicted octanol–water partition coefficient (Wildman–Crippen LogP) is 3.64. The molecular formula is C16H15F3N4OS. The summed E-state index contributed by atoms with van der Waals surface area (Å²) in [6.45, 7) is 4.04. The summed E-state index contributed by atoms with van der Waals surface area (Å²) in [7, 11) is 0. The van der Waals surface area contributed by atoms with Gasteiger partial charge in [-0.15, -0.1) is 11.3 Å². The maximum Gasteiger partial charge on any atom is 0.433 e. The first-order chi connectivity index (χ1) is 11.8. The number of aryl methyl sites for hydroxylation is 1. The Hall–Kier alpha value is -2.42. The summed E-state index contributed by atoms with van der Waals surface area (Å²) in [6.07, 6.45) is -1.07. The van der Waals surface area contributed by atoms with Crippen molar-refractivity contribution in [2.75, 3.05) is 0 Å². The molecule has 25 heavy (non-hydrogen) atoms. The van der Waals surface area contributed by atoms with Crippen LogP contribution in [0.5, 0.6) is 0 Å². The van der Waals surface area contributed by atoms with Crippen LogP contribution in [0.15, 0.2) is 30.6 Å². The molecule has 0 spiro atoms. The lowest BCUT2D eigenvalue weighted by atomic mass is 10.1. The van der Waals surface area contributed by atoms with Gasteiger partial charge in [-0.2, -0.15) is 18.3 Å². The van der Waals surface area contributed by atoms with Gasteiger partial charge in [-0.25, -0.2) is 4.98 Å². The molecular weight excluding hydrogens is 353 g/mol. The molecule has 0 aliphatic rings. The molecule has 3 rings (SSSR count). The zero-order valence-corrected chi connectivity index (χ0v) is 14.3. The Morgan fingerprint density at radius 3 is 2.80 bits per heavy atom. The highest BCUT2D eigenvalue weighted by Crippen LogP contribution is 2.34.